The summed E-state index contributed by atoms with van der Waals surface area (Å²) in [4.78, 5) is 11.7. The van der Waals surface area contributed by atoms with E-state index >= 15 is 0 Å². The van der Waals surface area contributed by atoms with Crippen LogP contribution in [0.2, 0.25) is 0 Å². The minimum atomic E-state index is -4.46. The van der Waals surface area contributed by atoms with Crippen molar-refractivity contribution in [2.75, 3.05) is 18.0 Å². The minimum Gasteiger partial charge on any atom is -0.478 e. The summed E-state index contributed by atoms with van der Waals surface area (Å²) in [6.45, 7) is 0.140. The van der Waals surface area contributed by atoms with E-state index in [1.807, 2.05) is 0 Å². The maximum atomic E-state index is 12.9. The van der Waals surface area contributed by atoms with E-state index in [1.54, 1.807) is 0 Å². The first-order valence-corrected chi connectivity index (χ1v) is 5.09. The van der Waals surface area contributed by atoms with Crippen LogP contribution in [0.1, 0.15) is 17.3 Å². The predicted octanol–water partition coefficient (Wildman–Crippen LogP) is 2.91. The first-order valence-electron chi connectivity index (χ1n) is 5.09. The van der Waals surface area contributed by atoms with Gasteiger partial charge in [-0.1, -0.05) is 0 Å². The fourth-order valence-electron chi connectivity index (χ4n) is 1.54. The Morgan fingerprint density at radius 3 is 2.44 bits per heavy atom. The van der Waals surface area contributed by atoms with Gasteiger partial charge in [0.25, 0.3) is 0 Å². The highest BCUT2D eigenvalue weighted by atomic mass is 19.4. The van der Waals surface area contributed by atoms with Crippen LogP contribution in [-0.2, 0) is 0 Å². The van der Waals surface area contributed by atoms with E-state index in [2.05, 4.69) is 0 Å². The van der Waals surface area contributed by atoms with E-state index in [1.165, 1.54) is 6.92 Å². The third-order valence-corrected chi connectivity index (χ3v) is 2.28. The number of carbonyl (C=O) groups is 1. The number of hydrogen-bond acceptors (Lipinski definition) is 2. The van der Waals surface area contributed by atoms with Crippen LogP contribution in [0.15, 0.2) is 18.2 Å². The highest BCUT2D eigenvalue weighted by molar-refractivity contribution is 5.94. The molecule has 0 radical (unpaired) electrons. The molecule has 0 aliphatic carbocycles. The van der Waals surface area contributed by atoms with Gasteiger partial charge in [-0.2, -0.15) is 13.2 Å². The topological polar surface area (TPSA) is 40.5 Å². The van der Waals surface area contributed by atoms with Gasteiger partial charge in [0.2, 0.25) is 0 Å². The summed E-state index contributed by atoms with van der Waals surface area (Å²) >= 11 is 0. The number of rotatable bonds is 4. The standard InChI is InChI=1S/C11H11F4NO2/c1-2-16(6-11(13,14)15)9-4-3-7(12)5-8(9)10(17)18/h3-5H,2,6H2,1H3,(H,17,18). The van der Waals surface area contributed by atoms with Gasteiger partial charge in [0.1, 0.15) is 12.4 Å². The van der Waals surface area contributed by atoms with Crippen molar-refractivity contribution >= 4 is 11.7 Å². The summed E-state index contributed by atoms with van der Waals surface area (Å²) in [6, 6.07) is 2.67. The number of nitrogens with zero attached hydrogens (tertiary/aromatic N) is 1. The van der Waals surface area contributed by atoms with Gasteiger partial charge >= 0.3 is 12.1 Å². The molecule has 3 nitrogen and oxygen atoms in total. The molecule has 1 rings (SSSR count). The van der Waals surface area contributed by atoms with Gasteiger partial charge in [0.15, 0.2) is 0 Å². The Labute approximate surface area is 101 Å². The Bertz CT molecular complexity index is 445. The Kier molecular flexibility index (Phi) is 4.15. The first kappa shape index (κ1) is 14.3. The van der Waals surface area contributed by atoms with Gasteiger partial charge in [0.05, 0.1) is 11.3 Å². The number of hydrogen-bond donors (Lipinski definition) is 1. The van der Waals surface area contributed by atoms with Crippen molar-refractivity contribution in [3.63, 3.8) is 0 Å². The lowest BCUT2D eigenvalue weighted by Gasteiger charge is -2.25. The van der Waals surface area contributed by atoms with Crippen LogP contribution in [0.5, 0.6) is 0 Å². The zero-order valence-electron chi connectivity index (χ0n) is 9.46. The van der Waals surface area contributed by atoms with E-state index in [0.717, 1.165) is 17.0 Å². The number of aromatic carboxylic acids is 1. The maximum absolute atomic E-state index is 12.9. The van der Waals surface area contributed by atoms with Crippen molar-refractivity contribution in [3.05, 3.63) is 29.6 Å². The first-order chi connectivity index (χ1) is 8.24. The fourth-order valence-corrected chi connectivity index (χ4v) is 1.54. The van der Waals surface area contributed by atoms with E-state index in [4.69, 9.17) is 5.11 Å². The molecule has 0 saturated carbocycles. The quantitative estimate of drug-likeness (QED) is 0.851. The van der Waals surface area contributed by atoms with Gasteiger partial charge in [-0.25, -0.2) is 9.18 Å². The monoisotopic (exact) mass is 265 g/mol. The number of benzene rings is 1. The summed E-state index contributed by atoms with van der Waals surface area (Å²) in [5, 5.41) is 8.86. The molecule has 0 unspecified atom stereocenters. The molecule has 100 valence electrons. The van der Waals surface area contributed by atoms with Crippen LogP contribution in [0.3, 0.4) is 0 Å². The molecule has 0 atom stereocenters. The van der Waals surface area contributed by atoms with Crippen LogP contribution in [0.25, 0.3) is 0 Å². The third kappa shape index (κ3) is 3.61. The lowest BCUT2D eigenvalue weighted by atomic mass is 10.1. The molecule has 0 heterocycles. The molecule has 1 aromatic rings. The number of anilines is 1. The molecule has 7 heteroatoms. The molecule has 0 bridgehead atoms. The fraction of sp³-hybridized carbons (Fsp3) is 0.364. The van der Waals surface area contributed by atoms with Crippen molar-refractivity contribution in [1.29, 1.82) is 0 Å². The maximum Gasteiger partial charge on any atom is 0.405 e. The summed E-state index contributed by atoms with van der Waals surface area (Å²) in [5.74, 6) is -2.27. The summed E-state index contributed by atoms with van der Waals surface area (Å²) in [6.07, 6.45) is -4.46. The van der Waals surface area contributed by atoms with Crippen molar-refractivity contribution in [3.8, 4) is 0 Å². The zero-order chi connectivity index (χ0) is 13.9. The van der Waals surface area contributed by atoms with Crippen LogP contribution >= 0.6 is 0 Å². The molecule has 18 heavy (non-hydrogen) atoms. The van der Waals surface area contributed by atoms with Gasteiger partial charge in [-0.3, -0.25) is 0 Å². The second kappa shape index (κ2) is 5.24. The smallest absolute Gasteiger partial charge is 0.405 e. The SMILES string of the molecule is CCN(CC(F)(F)F)c1ccc(F)cc1C(=O)O. The Hall–Kier alpha value is -1.79. The Balaban J connectivity index is 3.17. The third-order valence-electron chi connectivity index (χ3n) is 2.28. The minimum absolute atomic E-state index is 0.0363. The van der Waals surface area contributed by atoms with Crippen molar-refractivity contribution < 1.29 is 27.5 Å². The summed E-state index contributed by atoms with van der Waals surface area (Å²) in [5.41, 5.74) is -0.634. The molecule has 0 spiro atoms. The second-order valence-electron chi connectivity index (χ2n) is 3.60. The average Bonchev–Trinajstić information content (AvgIpc) is 2.24. The zero-order valence-corrected chi connectivity index (χ0v) is 9.46. The van der Waals surface area contributed by atoms with Crippen molar-refractivity contribution in [2.45, 2.75) is 13.1 Å². The number of carboxylic acids is 1. The molecule has 0 saturated heterocycles. The normalized spacial score (nSPS) is 11.4. The molecule has 0 fully saturated rings. The molecule has 1 aromatic carbocycles. The van der Waals surface area contributed by atoms with Gasteiger partial charge in [-0.15, -0.1) is 0 Å². The molecule has 0 aliphatic rings. The summed E-state index contributed by atoms with van der Waals surface area (Å²) in [7, 11) is 0. The van der Waals surface area contributed by atoms with E-state index in [9.17, 15) is 22.4 Å². The van der Waals surface area contributed by atoms with Crippen molar-refractivity contribution in [1.82, 2.24) is 0 Å². The van der Waals surface area contributed by atoms with Crippen molar-refractivity contribution in [2.24, 2.45) is 0 Å². The number of halogens is 4. The summed E-state index contributed by atoms with van der Waals surface area (Å²) < 4.78 is 49.9. The molecule has 0 amide bonds. The molecule has 0 aliphatic heterocycles. The van der Waals surface area contributed by atoms with Crippen LogP contribution in [0, 0.1) is 5.82 Å². The van der Waals surface area contributed by atoms with E-state index < -0.39 is 30.1 Å². The highest BCUT2D eigenvalue weighted by Gasteiger charge is 2.31. The van der Waals surface area contributed by atoms with Crippen LogP contribution in [0.4, 0.5) is 23.2 Å². The van der Waals surface area contributed by atoms with Gasteiger partial charge in [0, 0.05) is 6.54 Å². The lowest BCUT2D eigenvalue weighted by molar-refractivity contribution is -0.119. The van der Waals surface area contributed by atoms with Gasteiger partial charge < -0.3 is 10.0 Å². The second-order valence-corrected chi connectivity index (χ2v) is 3.60. The highest BCUT2D eigenvalue weighted by Crippen LogP contribution is 2.26. The molecular weight excluding hydrogens is 254 g/mol. The van der Waals surface area contributed by atoms with E-state index in [0.29, 0.717) is 6.07 Å². The molecule has 0 aromatic heterocycles. The van der Waals surface area contributed by atoms with E-state index in [-0.39, 0.29) is 12.2 Å². The Morgan fingerprint density at radius 2 is 2.00 bits per heavy atom. The lowest BCUT2D eigenvalue weighted by Crippen LogP contribution is -2.35. The molecule has 1 N–H and O–H groups in total. The largest absolute Gasteiger partial charge is 0.478 e. The average molecular weight is 265 g/mol. The number of alkyl halides is 3. The Morgan fingerprint density at radius 1 is 1.39 bits per heavy atom. The van der Waals surface area contributed by atoms with Crippen LogP contribution < -0.4 is 4.90 Å². The van der Waals surface area contributed by atoms with Gasteiger partial charge in [-0.05, 0) is 25.1 Å². The predicted molar refractivity (Wildman–Crippen MR) is 57.3 cm³/mol. The molecular formula is C11H11F4NO2. The van der Waals surface area contributed by atoms with Crippen LogP contribution in [-0.4, -0.2) is 30.3 Å². The number of carboxylic acid groups (broad SMARTS) is 1.